The van der Waals surface area contributed by atoms with Gasteiger partial charge in [-0.05, 0) is 13.3 Å². The SMILES string of the molecule is CCCc1nc(N)c(C)c(N2CCN(C(C)=O)CC2)n1. The lowest BCUT2D eigenvalue weighted by atomic mass is 10.2. The summed E-state index contributed by atoms with van der Waals surface area (Å²) in [5.74, 6) is 2.42. The maximum absolute atomic E-state index is 11.4. The summed E-state index contributed by atoms with van der Waals surface area (Å²) in [4.78, 5) is 24.4. The fraction of sp³-hybridized carbons (Fsp3) is 0.643. The first-order valence-corrected chi connectivity index (χ1v) is 7.16. The van der Waals surface area contributed by atoms with Crippen LogP contribution in [0.1, 0.15) is 31.7 Å². The predicted molar refractivity (Wildman–Crippen MR) is 79.6 cm³/mol. The second-order valence-corrected chi connectivity index (χ2v) is 5.22. The number of rotatable bonds is 3. The van der Waals surface area contributed by atoms with Crippen molar-refractivity contribution < 1.29 is 4.79 Å². The summed E-state index contributed by atoms with van der Waals surface area (Å²) in [5.41, 5.74) is 6.92. The van der Waals surface area contributed by atoms with Gasteiger partial charge in [-0.2, -0.15) is 0 Å². The Bertz CT molecular complexity index is 495. The van der Waals surface area contributed by atoms with Crippen molar-refractivity contribution in [2.75, 3.05) is 36.8 Å². The molecule has 2 N–H and O–H groups in total. The molecule has 0 spiro atoms. The van der Waals surface area contributed by atoms with Gasteiger partial charge in [-0.25, -0.2) is 9.97 Å². The molecule has 0 saturated carbocycles. The first-order valence-electron chi connectivity index (χ1n) is 7.16. The molecule has 0 atom stereocenters. The van der Waals surface area contributed by atoms with Crippen LogP contribution in [0.25, 0.3) is 0 Å². The molecular weight excluding hydrogens is 254 g/mol. The van der Waals surface area contributed by atoms with Crippen LogP contribution in [0, 0.1) is 6.92 Å². The summed E-state index contributed by atoms with van der Waals surface area (Å²) in [7, 11) is 0. The molecule has 0 aromatic carbocycles. The molecule has 6 heteroatoms. The molecule has 2 rings (SSSR count). The number of carbonyl (C=O) groups is 1. The van der Waals surface area contributed by atoms with Gasteiger partial charge in [-0.15, -0.1) is 0 Å². The number of hydrogen-bond donors (Lipinski definition) is 1. The molecule has 0 unspecified atom stereocenters. The molecular formula is C14H23N5O. The van der Waals surface area contributed by atoms with Crippen molar-refractivity contribution in [1.82, 2.24) is 14.9 Å². The largest absolute Gasteiger partial charge is 0.383 e. The number of piperazine rings is 1. The maximum atomic E-state index is 11.4. The highest BCUT2D eigenvalue weighted by Gasteiger charge is 2.22. The van der Waals surface area contributed by atoms with E-state index in [1.807, 2.05) is 11.8 Å². The smallest absolute Gasteiger partial charge is 0.219 e. The number of nitrogens with two attached hydrogens (primary N) is 1. The second-order valence-electron chi connectivity index (χ2n) is 5.22. The zero-order valence-electron chi connectivity index (χ0n) is 12.5. The van der Waals surface area contributed by atoms with Crippen molar-refractivity contribution in [3.8, 4) is 0 Å². The Hall–Kier alpha value is -1.85. The van der Waals surface area contributed by atoms with Crippen LogP contribution in [0.5, 0.6) is 0 Å². The van der Waals surface area contributed by atoms with E-state index in [2.05, 4.69) is 21.8 Å². The van der Waals surface area contributed by atoms with E-state index in [-0.39, 0.29) is 5.91 Å². The molecule has 1 amide bonds. The van der Waals surface area contributed by atoms with Gasteiger partial charge in [-0.1, -0.05) is 6.92 Å². The van der Waals surface area contributed by atoms with Gasteiger partial charge in [0.1, 0.15) is 17.5 Å². The highest BCUT2D eigenvalue weighted by Crippen LogP contribution is 2.23. The molecule has 1 aliphatic rings. The van der Waals surface area contributed by atoms with E-state index in [4.69, 9.17) is 5.73 Å². The average molecular weight is 277 g/mol. The number of carbonyl (C=O) groups excluding carboxylic acids is 1. The van der Waals surface area contributed by atoms with E-state index < -0.39 is 0 Å². The van der Waals surface area contributed by atoms with Crippen molar-refractivity contribution in [3.05, 3.63) is 11.4 Å². The van der Waals surface area contributed by atoms with Crippen molar-refractivity contribution >= 4 is 17.5 Å². The molecule has 6 nitrogen and oxygen atoms in total. The Morgan fingerprint density at radius 3 is 2.45 bits per heavy atom. The van der Waals surface area contributed by atoms with Crippen LogP contribution in [-0.2, 0) is 11.2 Å². The Kier molecular flexibility index (Phi) is 4.42. The van der Waals surface area contributed by atoms with Crippen molar-refractivity contribution in [3.63, 3.8) is 0 Å². The molecule has 1 aromatic heterocycles. The number of hydrogen-bond acceptors (Lipinski definition) is 5. The molecule has 20 heavy (non-hydrogen) atoms. The molecule has 0 radical (unpaired) electrons. The topological polar surface area (TPSA) is 75.3 Å². The predicted octanol–water partition coefficient (Wildman–Crippen LogP) is 0.988. The van der Waals surface area contributed by atoms with Gasteiger partial charge >= 0.3 is 0 Å². The van der Waals surface area contributed by atoms with Crippen molar-refractivity contribution in [1.29, 1.82) is 0 Å². The molecule has 2 heterocycles. The van der Waals surface area contributed by atoms with Crippen LogP contribution in [-0.4, -0.2) is 47.0 Å². The Morgan fingerprint density at radius 2 is 1.90 bits per heavy atom. The van der Waals surface area contributed by atoms with E-state index in [0.717, 1.165) is 56.2 Å². The van der Waals surface area contributed by atoms with Crippen LogP contribution >= 0.6 is 0 Å². The molecule has 110 valence electrons. The minimum Gasteiger partial charge on any atom is -0.383 e. The van der Waals surface area contributed by atoms with E-state index in [1.54, 1.807) is 6.92 Å². The first kappa shape index (κ1) is 14.6. The summed E-state index contributed by atoms with van der Waals surface area (Å²) >= 11 is 0. The lowest BCUT2D eigenvalue weighted by Crippen LogP contribution is -2.48. The zero-order chi connectivity index (χ0) is 14.7. The van der Waals surface area contributed by atoms with Gasteiger partial charge in [0.05, 0.1) is 0 Å². The highest BCUT2D eigenvalue weighted by molar-refractivity contribution is 5.73. The minimum atomic E-state index is 0.134. The maximum Gasteiger partial charge on any atom is 0.219 e. The zero-order valence-corrected chi connectivity index (χ0v) is 12.5. The third kappa shape index (κ3) is 3.00. The second kappa shape index (κ2) is 6.07. The summed E-state index contributed by atoms with van der Waals surface area (Å²) in [6, 6.07) is 0. The summed E-state index contributed by atoms with van der Waals surface area (Å²) in [6.45, 7) is 8.74. The van der Waals surface area contributed by atoms with E-state index in [0.29, 0.717) is 5.82 Å². The molecule has 0 bridgehead atoms. The Balaban J connectivity index is 2.18. The van der Waals surface area contributed by atoms with Crippen LogP contribution in [0.4, 0.5) is 11.6 Å². The number of amides is 1. The lowest BCUT2D eigenvalue weighted by molar-refractivity contribution is -0.129. The lowest BCUT2D eigenvalue weighted by Gasteiger charge is -2.35. The van der Waals surface area contributed by atoms with Gasteiger partial charge in [-0.3, -0.25) is 4.79 Å². The quantitative estimate of drug-likeness (QED) is 0.891. The standard InChI is InChI=1S/C14H23N5O/c1-4-5-12-16-13(15)10(2)14(17-12)19-8-6-18(7-9-19)11(3)20/h4-9H2,1-3H3,(H2,15,16,17). The average Bonchev–Trinajstić information content (AvgIpc) is 2.43. The highest BCUT2D eigenvalue weighted by atomic mass is 16.2. The van der Waals surface area contributed by atoms with Crippen LogP contribution < -0.4 is 10.6 Å². The number of aryl methyl sites for hydroxylation is 1. The molecule has 1 saturated heterocycles. The fourth-order valence-corrected chi connectivity index (χ4v) is 2.44. The molecule has 0 aliphatic carbocycles. The van der Waals surface area contributed by atoms with Gasteiger partial charge in [0.25, 0.3) is 0 Å². The van der Waals surface area contributed by atoms with Gasteiger partial charge in [0, 0.05) is 45.1 Å². The van der Waals surface area contributed by atoms with Gasteiger partial charge in [0.2, 0.25) is 5.91 Å². The first-order chi connectivity index (χ1) is 9.52. The van der Waals surface area contributed by atoms with Crippen LogP contribution in [0.15, 0.2) is 0 Å². The fourth-order valence-electron chi connectivity index (χ4n) is 2.44. The molecule has 1 aliphatic heterocycles. The van der Waals surface area contributed by atoms with Gasteiger partial charge < -0.3 is 15.5 Å². The summed E-state index contributed by atoms with van der Waals surface area (Å²) < 4.78 is 0. The molecule has 1 fully saturated rings. The third-order valence-electron chi connectivity index (χ3n) is 3.70. The van der Waals surface area contributed by atoms with Crippen molar-refractivity contribution in [2.45, 2.75) is 33.6 Å². The van der Waals surface area contributed by atoms with E-state index in [1.165, 1.54) is 0 Å². The Morgan fingerprint density at radius 1 is 1.25 bits per heavy atom. The summed E-state index contributed by atoms with van der Waals surface area (Å²) in [5, 5.41) is 0. The van der Waals surface area contributed by atoms with Gasteiger partial charge in [0.15, 0.2) is 0 Å². The van der Waals surface area contributed by atoms with E-state index in [9.17, 15) is 4.79 Å². The normalized spacial score (nSPS) is 15.6. The third-order valence-corrected chi connectivity index (χ3v) is 3.70. The van der Waals surface area contributed by atoms with Crippen LogP contribution in [0.2, 0.25) is 0 Å². The molecule has 1 aromatic rings. The van der Waals surface area contributed by atoms with Crippen LogP contribution in [0.3, 0.4) is 0 Å². The summed E-state index contributed by atoms with van der Waals surface area (Å²) in [6.07, 6.45) is 1.84. The number of nitrogen functional groups attached to an aromatic ring is 1. The Labute approximate surface area is 120 Å². The number of anilines is 2. The van der Waals surface area contributed by atoms with E-state index >= 15 is 0 Å². The minimum absolute atomic E-state index is 0.134. The number of nitrogens with zero attached hydrogens (tertiary/aromatic N) is 4. The number of aromatic nitrogens is 2. The monoisotopic (exact) mass is 277 g/mol. The van der Waals surface area contributed by atoms with Crippen molar-refractivity contribution in [2.24, 2.45) is 0 Å².